The summed E-state index contributed by atoms with van der Waals surface area (Å²) in [7, 11) is 0. The first-order valence-corrected chi connectivity index (χ1v) is 10.6. The van der Waals surface area contributed by atoms with Gasteiger partial charge < -0.3 is 4.98 Å². The summed E-state index contributed by atoms with van der Waals surface area (Å²) in [5.74, 6) is 0.526. The number of rotatable bonds is 4. The first kappa shape index (κ1) is 18.8. The van der Waals surface area contributed by atoms with Crippen LogP contribution < -0.4 is 5.56 Å². The molecule has 1 N–H and O–H groups in total. The Labute approximate surface area is 177 Å². The van der Waals surface area contributed by atoms with Gasteiger partial charge in [-0.15, -0.1) is 11.3 Å². The molecule has 7 nitrogen and oxygen atoms in total. The van der Waals surface area contributed by atoms with Crippen molar-refractivity contribution in [2.45, 2.75) is 26.4 Å². The Kier molecular flexibility index (Phi) is 4.94. The molecule has 1 aliphatic rings. The van der Waals surface area contributed by atoms with Crippen LogP contribution in [0.15, 0.2) is 53.8 Å². The molecule has 30 heavy (non-hydrogen) atoms. The number of aromatic nitrogens is 5. The number of aryl methyl sites for hydroxylation is 1. The van der Waals surface area contributed by atoms with Crippen LogP contribution >= 0.6 is 11.3 Å². The smallest absolute Gasteiger partial charge is 0.255 e. The van der Waals surface area contributed by atoms with Gasteiger partial charge >= 0.3 is 0 Å². The second kappa shape index (κ2) is 7.89. The van der Waals surface area contributed by atoms with Gasteiger partial charge in [0.2, 0.25) is 0 Å². The lowest BCUT2D eigenvalue weighted by Gasteiger charge is -2.27. The molecule has 8 heteroatoms. The van der Waals surface area contributed by atoms with Gasteiger partial charge in [0, 0.05) is 48.9 Å². The molecular weight excluding hydrogens is 396 g/mol. The SMILES string of the molecule is Cc1nc(-c2ccccc2)sc1CN1CCc2nc(-c3cncnc3)[nH]c(=O)c2C1. The lowest BCUT2D eigenvalue weighted by atomic mass is 10.1. The van der Waals surface area contributed by atoms with Crippen LogP contribution in [0.1, 0.15) is 21.8 Å². The highest BCUT2D eigenvalue weighted by atomic mass is 32.1. The van der Waals surface area contributed by atoms with E-state index in [1.165, 1.54) is 11.2 Å². The topological polar surface area (TPSA) is 87.7 Å². The van der Waals surface area contributed by atoms with Crippen LogP contribution in [-0.4, -0.2) is 36.4 Å². The van der Waals surface area contributed by atoms with Crippen LogP contribution in [0.25, 0.3) is 22.0 Å². The van der Waals surface area contributed by atoms with Gasteiger partial charge in [-0.05, 0) is 6.92 Å². The number of benzene rings is 1. The van der Waals surface area contributed by atoms with Crippen molar-refractivity contribution >= 4 is 11.3 Å². The quantitative estimate of drug-likeness (QED) is 0.550. The van der Waals surface area contributed by atoms with Crippen LogP contribution in [0.5, 0.6) is 0 Å². The molecule has 0 fully saturated rings. The largest absolute Gasteiger partial charge is 0.306 e. The van der Waals surface area contributed by atoms with E-state index in [9.17, 15) is 4.79 Å². The molecule has 1 aliphatic heterocycles. The van der Waals surface area contributed by atoms with Crippen LogP contribution in [0.4, 0.5) is 0 Å². The molecule has 0 spiro atoms. The minimum Gasteiger partial charge on any atom is -0.306 e. The highest BCUT2D eigenvalue weighted by Crippen LogP contribution is 2.29. The number of nitrogens with one attached hydrogen (secondary N) is 1. The van der Waals surface area contributed by atoms with Gasteiger partial charge in [-0.25, -0.2) is 19.9 Å². The van der Waals surface area contributed by atoms with E-state index in [1.807, 2.05) is 18.2 Å². The monoisotopic (exact) mass is 416 g/mol. The summed E-state index contributed by atoms with van der Waals surface area (Å²) in [4.78, 5) is 36.6. The summed E-state index contributed by atoms with van der Waals surface area (Å²) in [6, 6.07) is 10.2. The first-order valence-electron chi connectivity index (χ1n) is 9.79. The highest BCUT2D eigenvalue weighted by molar-refractivity contribution is 7.15. The zero-order chi connectivity index (χ0) is 20.5. The third-order valence-corrected chi connectivity index (χ3v) is 6.45. The lowest BCUT2D eigenvalue weighted by molar-refractivity contribution is 0.243. The normalized spacial score (nSPS) is 13.9. The summed E-state index contributed by atoms with van der Waals surface area (Å²) in [6.07, 6.45) is 5.51. The van der Waals surface area contributed by atoms with Crippen molar-refractivity contribution in [3.05, 3.63) is 81.2 Å². The maximum atomic E-state index is 12.7. The molecule has 150 valence electrons. The summed E-state index contributed by atoms with van der Waals surface area (Å²) in [6.45, 7) is 4.27. The molecule has 0 saturated heterocycles. The number of thiazole rings is 1. The lowest BCUT2D eigenvalue weighted by Crippen LogP contribution is -2.35. The van der Waals surface area contributed by atoms with Gasteiger partial charge in [-0.3, -0.25) is 9.69 Å². The molecule has 0 aliphatic carbocycles. The fraction of sp³-hybridized carbons (Fsp3) is 0.227. The fourth-order valence-corrected chi connectivity index (χ4v) is 4.77. The van der Waals surface area contributed by atoms with E-state index >= 15 is 0 Å². The summed E-state index contributed by atoms with van der Waals surface area (Å²) < 4.78 is 0. The van der Waals surface area contributed by atoms with Crippen molar-refractivity contribution in [3.8, 4) is 22.0 Å². The molecule has 5 rings (SSSR count). The number of aromatic amines is 1. The zero-order valence-electron chi connectivity index (χ0n) is 16.5. The average Bonchev–Trinajstić information content (AvgIpc) is 3.15. The minimum atomic E-state index is -0.0884. The predicted molar refractivity (Wildman–Crippen MR) is 116 cm³/mol. The molecule has 4 aromatic rings. The number of nitrogens with zero attached hydrogens (tertiary/aromatic N) is 5. The Morgan fingerprint density at radius 3 is 2.70 bits per heavy atom. The second-order valence-corrected chi connectivity index (χ2v) is 8.40. The van der Waals surface area contributed by atoms with Crippen molar-refractivity contribution in [1.82, 2.24) is 29.8 Å². The van der Waals surface area contributed by atoms with Gasteiger partial charge in [-0.2, -0.15) is 0 Å². The van der Waals surface area contributed by atoms with Crippen LogP contribution in [0.2, 0.25) is 0 Å². The van der Waals surface area contributed by atoms with Gasteiger partial charge in [-0.1, -0.05) is 30.3 Å². The van der Waals surface area contributed by atoms with Crippen molar-refractivity contribution < 1.29 is 0 Å². The molecular formula is C22H20N6OS. The van der Waals surface area contributed by atoms with E-state index in [2.05, 4.69) is 43.9 Å². The van der Waals surface area contributed by atoms with Crippen molar-refractivity contribution in [1.29, 1.82) is 0 Å². The molecule has 0 saturated carbocycles. The Balaban J connectivity index is 1.37. The van der Waals surface area contributed by atoms with E-state index < -0.39 is 0 Å². The van der Waals surface area contributed by atoms with E-state index in [4.69, 9.17) is 4.98 Å². The molecule has 0 unspecified atom stereocenters. The summed E-state index contributed by atoms with van der Waals surface area (Å²) in [5.41, 5.74) is 4.42. The van der Waals surface area contributed by atoms with Gasteiger partial charge in [0.25, 0.3) is 5.56 Å². The molecule has 0 bridgehead atoms. The number of fused-ring (bicyclic) bond motifs is 1. The Morgan fingerprint density at radius 2 is 1.90 bits per heavy atom. The average molecular weight is 417 g/mol. The van der Waals surface area contributed by atoms with Gasteiger partial charge in [0.05, 0.1) is 22.5 Å². The molecule has 4 heterocycles. The van der Waals surface area contributed by atoms with E-state index in [0.29, 0.717) is 17.9 Å². The summed E-state index contributed by atoms with van der Waals surface area (Å²) >= 11 is 1.72. The van der Waals surface area contributed by atoms with Crippen molar-refractivity contribution in [3.63, 3.8) is 0 Å². The molecule has 0 radical (unpaired) electrons. The molecule has 0 atom stereocenters. The van der Waals surface area contributed by atoms with E-state index in [1.54, 1.807) is 23.7 Å². The first-order chi connectivity index (χ1) is 14.7. The van der Waals surface area contributed by atoms with Crippen molar-refractivity contribution in [2.24, 2.45) is 0 Å². The fourth-order valence-electron chi connectivity index (χ4n) is 3.66. The Bertz CT molecular complexity index is 1240. The Morgan fingerprint density at radius 1 is 1.10 bits per heavy atom. The van der Waals surface area contributed by atoms with Crippen LogP contribution in [-0.2, 0) is 19.5 Å². The second-order valence-electron chi connectivity index (χ2n) is 7.32. The molecule has 3 aromatic heterocycles. The maximum Gasteiger partial charge on any atom is 0.255 e. The third-order valence-electron chi connectivity index (χ3n) is 5.26. The summed E-state index contributed by atoms with van der Waals surface area (Å²) in [5, 5.41) is 1.04. The molecule has 1 aromatic carbocycles. The van der Waals surface area contributed by atoms with Crippen LogP contribution in [0, 0.1) is 6.92 Å². The third kappa shape index (κ3) is 3.67. The minimum absolute atomic E-state index is 0.0884. The van der Waals surface area contributed by atoms with Gasteiger partial charge in [0.1, 0.15) is 17.2 Å². The van der Waals surface area contributed by atoms with E-state index in [0.717, 1.165) is 47.0 Å². The van der Waals surface area contributed by atoms with Gasteiger partial charge in [0.15, 0.2) is 0 Å². The van der Waals surface area contributed by atoms with Crippen molar-refractivity contribution in [2.75, 3.05) is 6.54 Å². The Hall–Kier alpha value is -3.23. The highest BCUT2D eigenvalue weighted by Gasteiger charge is 2.23. The number of H-pyrrole nitrogens is 1. The molecule has 0 amide bonds. The maximum absolute atomic E-state index is 12.7. The predicted octanol–water partition coefficient (Wildman–Crippen LogP) is 3.22. The standard InChI is InChI=1S/C22H20N6OS/c1-14-19(30-22(25-14)15-5-3-2-4-6-15)12-28-8-7-18-17(11-28)21(29)27-20(26-18)16-9-23-13-24-10-16/h2-6,9-10,13H,7-8,11-12H2,1H3,(H,26,27,29). The number of hydrogen-bond acceptors (Lipinski definition) is 7. The zero-order valence-corrected chi connectivity index (χ0v) is 17.3. The number of hydrogen-bond donors (Lipinski definition) is 1. The van der Waals surface area contributed by atoms with Crippen LogP contribution in [0.3, 0.4) is 0 Å². The van der Waals surface area contributed by atoms with E-state index in [-0.39, 0.29) is 5.56 Å².